The summed E-state index contributed by atoms with van der Waals surface area (Å²) in [7, 11) is -4.08. The summed E-state index contributed by atoms with van der Waals surface area (Å²) in [5.74, 6) is 2.20. The zero-order chi connectivity index (χ0) is 60.4. The summed E-state index contributed by atoms with van der Waals surface area (Å²) in [6.45, 7) is 22.0. The number of ether oxygens (including phenoxy) is 6. The minimum atomic E-state index is -3.59. The second-order valence-corrected chi connectivity index (χ2v) is 25.6. The number of nitrogens with zero attached hydrogens (tertiary/aromatic N) is 2. The predicted octanol–water partition coefficient (Wildman–Crippen LogP) is 10.5. The summed E-state index contributed by atoms with van der Waals surface area (Å²) in [5.41, 5.74) is 16.0. The number of fused-ring (bicyclic) bond motifs is 2. The van der Waals surface area contributed by atoms with Gasteiger partial charge in [-0.05, 0) is 93.7 Å². The van der Waals surface area contributed by atoms with Crippen molar-refractivity contribution in [3.05, 3.63) is 108 Å². The van der Waals surface area contributed by atoms with Crippen LogP contribution >= 0.6 is 23.2 Å². The van der Waals surface area contributed by atoms with Gasteiger partial charge in [0, 0.05) is 66.5 Å². The number of rotatable bonds is 16. The number of amides is 2. The molecule has 2 aliphatic rings. The minimum Gasteiger partial charge on any atom is -0.492 e. The molecule has 8 N–H and O–H groups in total. The lowest BCUT2D eigenvalue weighted by atomic mass is 9.86. The molecule has 2 fully saturated rings. The lowest BCUT2D eigenvalue weighted by molar-refractivity contribution is 0.0322. The van der Waals surface area contributed by atoms with Crippen LogP contribution in [0.1, 0.15) is 52.7 Å². The molecule has 2 heterocycles. The van der Waals surface area contributed by atoms with Crippen molar-refractivity contribution in [2.75, 3.05) is 137 Å². The molecular formula is C58H78Cl2N8O12S2. The van der Waals surface area contributed by atoms with Crippen molar-refractivity contribution >= 4 is 110 Å². The predicted molar refractivity (Wildman–Crippen MR) is 332 cm³/mol. The van der Waals surface area contributed by atoms with E-state index in [2.05, 4.69) is 59.1 Å². The Morgan fingerprint density at radius 2 is 0.939 bits per heavy atom. The first-order valence-corrected chi connectivity index (χ1v) is 30.8. The first-order chi connectivity index (χ1) is 38.6. The van der Waals surface area contributed by atoms with Crippen LogP contribution in [0.25, 0.3) is 21.5 Å². The summed E-state index contributed by atoms with van der Waals surface area (Å²) < 4.78 is 84.2. The van der Waals surface area contributed by atoms with Gasteiger partial charge >= 0.3 is 10.7 Å². The molecule has 6 aromatic rings. The Hall–Kier alpha value is -6.50. The van der Waals surface area contributed by atoms with Gasteiger partial charge in [0.05, 0.1) is 81.6 Å². The van der Waals surface area contributed by atoms with Crippen LogP contribution in [0.2, 0.25) is 0 Å². The maximum atomic E-state index is 13.2. The molecule has 24 heteroatoms. The fraction of sp³-hybridized carbons (Fsp3) is 0.414. The van der Waals surface area contributed by atoms with Gasteiger partial charge in [-0.1, -0.05) is 90.1 Å². The summed E-state index contributed by atoms with van der Waals surface area (Å²) in [5, 5.41) is 9.61. The molecule has 0 unspecified atom stereocenters. The van der Waals surface area contributed by atoms with Crippen LogP contribution in [0.3, 0.4) is 0 Å². The van der Waals surface area contributed by atoms with Gasteiger partial charge in [0.15, 0.2) is 11.5 Å². The molecule has 0 radical (unpaired) electrons. The molecule has 2 amide bonds. The lowest BCUT2D eigenvalue weighted by Crippen LogP contribution is -2.38. The van der Waals surface area contributed by atoms with Crippen LogP contribution < -0.4 is 50.5 Å². The summed E-state index contributed by atoms with van der Waals surface area (Å²) in [6.07, 6.45) is 2.16. The Balaban J connectivity index is 0.000000243. The second kappa shape index (κ2) is 30.2. The maximum Gasteiger partial charge on any atom is 0.323 e. The van der Waals surface area contributed by atoms with Gasteiger partial charge in [-0.25, -0.2) is 21.6 Å². The molecule has 0 saturated carbocycles. The van der Waals surface area contributed by atoms with E-state index in [4.69, 9.17) is 44.7 Å². The number of morpholine rings is 2. The number of nitrogens with two attached hydrogens (primary N) is 2. The highest BCUT2D eigenvalue weighted by Gasteiger charge is 2.24. The maximum absolute atomic E-state index is 13.2. The number of nitrogens with one attached hydrogen (secondary N) is 4. The van der Waals surface area contributed by atoms with E-state index in [1.54, 1.807) is 24.3 Å². The first kappa shape index (κ1) is 66.3. The number of carbonyl (C=O) groups excluding carboxylic acids is 2. The molecule has 448 valence electrons. The van der Waals surface area contributed by atoms with Crippen molar-refractivity contribution in [2.24, 2.45) is 0 Å². The Morgan fingerprint density at radius 1 is 0.549 bits per heavy atom. The van der Waals surface area contributed by atoms with Gasteiger partial charge in [-0.15, -0.1) is 0 Å². The molecule has 0 bridgehead atoms. The van der Waals surface area contributed by atoms with Crippen LogP contribution in [0.4, 0.5) is 43.7 Å². The normalized spacial score (nSPS) is 14.1. The fourth-order valence-electron chi connectivity index (χ4n) is 8.66. The summed E-state index contributed by atoms with van der Waals surface area (Å²) in [6, 6.07) is 29.9. The van der Waals surface area contributed by atoms with Gasteiger partial charge in [0.1, 0.15) is 24.7 Å². The second-order valence-electron chi connectivity index (χ2n) is 21.3. The van der Waals surface area contributed by atoms with Crippen LogP contribution in [0.15, 0.2) is 97.1 Å². The number of sulfonamides is 2. The Bertz CT molecular complexity index is 3340. The largest absolute Gasteiger partial charge is 0.492 e. The van der Waals surface area contributed by atoms with Gasteiger partial charge in [0.25, 0.3) is 0 Å². The number of nitrogen functional groups attached to an aromatic ring is 2. The highest BCUT2D eigenvalue weighted by Crippen LogP contribution is 2.40. The van der Waals surface area contributed by atoms with E-state index < -0.39 is 30.8 Å². The molecule has 82 heavy (non-hydrogen) atoms. The topological polar surface area (TPSA) is 264 Å². The number of hydrogen-bond donors (Lipinski definition) is 6. The van der Waals surface area contributed by atoms with Crippen molar-refractivity contribution in [3.63, 3.8) is 0 Å². The SMILES string of the molecule is COc1c(N)cc(C(C)(C)C)cc1NS(C)(=O)=O.COc1c(NC(=O)Nc2ccc(OCCN3CCOCC3)c3ccccc23)cc(C(C)(C)C)cc1NS(C)(=O)=O.Nc1ccc(OCCN2CCOCC2)c2ccccc12.O=C(Cl)Cl. The van der Waals surface area contributed by atoms with Crippen molar-refractivity contribution < 1.29 is 54.8 Å². The summed E-state index contributed by atoms with van der Waals surface area (Å²) in [4.78, 5) is 26.9. The van der Waals surface area contributed by atoms with E-state index in [-0.39, 0.29) is 22.3 Å². The third-order valence-electron chi connectivity index (χ3n) is 12.8. The van der Waals surface area contributed by atoms with Crippen molar-refractivity contribution in [1.29, 1.82) is 0 Å². The Kier molecular flexibility index (Phi) is 24.4. The first-order valence-electron chi connectivity index (χ1n) is 26.3. The highest BCUT2D eigenvalue weighted by atomic mass is 35.5. The molecule has 0 spiro atoms. The average Bonchev–Trinajstić information content (AvgIpc) is 3.44. The fourth-order valence-corrected chi connectivity index (χ4v) is 9.76. The van der Waals surface area contributed by atoms with E-state index in [1.165, 1.54) is 14.2 Å². The van der Waals surface area contributed by atoms with Gasteiger partial charge < -0.3 is 50.5 Å². The van der Waals surface area contributed by atoms with Crippen molar-refractivity contribution in [2.45, 2.75) is 52.4 Å². The van der Waals surface area contributed by atoms with Crippen LogP contribution in [0, 0.1) is 0 Å². The molecule has 2 aliphatic heterocycles. The monoisotopic (exact) mass is 1210 g/mol. The summed E-state index contributed by atoms with van der Waals surface area (Å²) >= 11 is 8.80. The number of anilines is 6. The Morgan fingerprint density at radius 3 is 1.39 bits per heavy atom. The zero-order valence-corrected chi connectivity index (χ0v) is 51.4. The zero-order valence-electron chi connectivity index (χ0n) is 48.2. The third-order valence-corrected chi connectivity index (χ3v) is 14.0. The molecule has 20 nitrogen and oxygen atoms in total. The molecule has 2 saturated heterocycles. The van der Waals surface area contributed by atoms with Crippen LogP contribution in [-0.2, 0) is 40.4 Å². The van der Waals surface area contributed by atoms with Crippen molar-refractivity contribution in [1.82, 2.24) is 9.80 Å². The van der Waals surface area contributed by atoms with Crippen molar-refractivity contribution in [3.8, 4) is 23.0 Å². The number of benzene rings is 6. The smallest absolute Gasteiger partial charge is 0.323 e. The average molecular weight is 1210 g/mol. The van der Waals surface area contributed by atoms with E-state index in [0.717, 1.165) is 128 Å². The van der Waals surface area contributed by atoms with E-state index in [1.807, 2.05) is 108 Å². The van der Waals surface area contributed by atoms with E-state index in [9.17, 15) is 21.6 Å². The van der Waals surface area contributed by atoms with E-state index in [0.29, 0.717) is 41.7 Å². The molecular weight excluding hydrogens is 1140 g/mol. The Labute approximate surface area is 492 Å². The van der Waals surface area contributed by atoms with Gasteiger partial charge in [-0.3, -0.25) is 24.0 Å². The standard InChI is InChI=1S/C29H38N4O6S.C16H20N2O2.C12H20N2O3S.CCl2O/c1-29(2,3)20-18-24(27(37-4)25(19-20)32-40(5,35)36)31-28(34)30-23-10-11-26(22-9-7-6-8-21(22)23)39-17-14-33-12-15-38-16-13-33;17-15-5-6-16(14-4-2-1-3-13(14)15)20-12-9-18-7-10-19-11-8-18;1-12(2,3)8-6-9(13)11(17-4)10(7-8)14-18(5,15)16;2-1(3)4/h6-11,18-19,32H,12-17H2,1-5H3,(H2,30,31,34);1-6H,7-12,17H2;6-7,14H,13H2,1-5H3;. The third kappa shape index (κ3) is 21.0. The minimum absolute atomic E-state index is 0.131. The van der Waals surface area contributed by atoms with E-state index >= 15 is 0 Å². The number of methoxy groups -OCH3 is 2. The quantitative estimate of drug-likeness (QED) is 0.0389. The molecule has 6 aromatic carbocycles. The molecule has 0 aromatic heterocycles. The molecule has 0 aliphatic carbocycles. The van der Waals surface area contributed by atoms with Crippen LogP contribution in [0.5, 0.6) is 23.0 Å². The molecule has 8 rings (SSSR count). The highest BCUT2D eigenvalue weighted by molar-refractivity contribution is 7.92. The van der Waals surface area contributed by atoms with Gasteiger partial charge in [0.2, 0.25) is 20.0 Å². The lowest BCUT2D eigenvalue weighted by Gasteiger charge is -2.26. The number of urea groups is 1. The number of carbonyl (C=O) groups is 2. The number of hydrogen-bond acceptors (Lipinski definition) is 16. The van der Waals surface area contributed by atoms with Gasteiger partial charge in [-0.2, -0.15) is 0 Å². The molecule has 0 atom stereocenters. The number of halogens is 2. The van der Waals surface area contributed by atoms with Crippen LogP contribution in [-0.4, -0.2) is 143 Å².